The van der Waals surface area contributed by atoms with Gasteiger partial charge in [-0.15, -0.1) is 0 Å². The molecule has 0 atom stereocenters. The first-order chi connectivity index (χ1) is 8.83. The van der Waals surface area contributed by atoms with E-state index in [2.05, 4.69) is 30.3 Å². The fraction of sp³-hybridized carbons (Fsp3) is 1.00. The van der Waals surface area contributed by atoms with Gasteiger partial charge >= 0.3 is 0 Å². The van der Waals surface area contributed by atoms with E-state index in [-0.39, 0.29) is 0 Å². The van der Waals surface area contributed by atoms with Crippen LogP contribution in [0.5, 0.6) is 0 Å². The third-order valence-electron chi connectivity index (χ3n) is 4.35. The van der Waals surface area contributed by atoms with Crippen LogP contribution in [-0.4, -0.2) is 24.1 Å². The molecule has 0 aliphatic heterocycles. The quantitative estimate of drug-likeness (QED) is 0.561. The molecule has 1 nitrogen and oxygen atoms in total. The van der Waals surface area contributed by atoms with Crippen molar-refractivity contribution in [2.24, 2.45) is 0 Å². The standard InChI is InChI=1S/C16H33NS/c1-3-4-5-6-7-11-14-17-15-16(18-2)12-9-8-10-13-16/h17H,3-15H2,1-2H3. The second-order valence-corrected chi connectivity index (χ2v) is 7.17. The van der Waals surface area contributed by atoms with E-state index in [1.807, 2.05) is 0 Å². The van der Waals surface area contributed by atoms with Gasteiger partial charge in [0, 0.05) is 11.3 Å². The maximum absolute atomic E-state index is 3.72. The molecule has 1 aliphatic carbocycles. The maximum Gasteiger partial charge on any atom is 0.0281 e. The van der Waals surface area contributed by atoms with Crippen molar-refractivity contribution in [3.8, 4) is 0 Å². The van der Waals surface area contributed by atoms with Crippen LogP contribution < -0.4 is 5.32 Å². The molecule has 1 N–H and O–H groups in total. The summed E-state index contributed by atoms with van der Waals surface area (Å²) >= 11 is 2.11. The molecule has 0 spiro atoms. The molecular weight excluding hydrogens is 238 g/mol. The lowest BCUT2D eigenvalue weighted by Gasteiger charge is -2.36. The van der Waals surface area contributed by atoms with Gasteiger partial charge in [0.2, 0.25) is 0 Å². The molecule has 0 aromatic heterocycles. The molecule has 0 saturated heterocycles. The van der Waals surface area contributed by atoms with Crippen LogP contribution in [0.25, 0.3) is 0 Å². The molecule has 1 saturated carbocycles. The summed E-state index contributed by atoms with van der Waals surface area (Å²) in [4.78, 5) is 0. The summed E-state index contributed by atoms with van der Waals surface area (Å²) < 4.78 is 0.570. The van der Waals surface area contributed by atoms with Crippen LogP contribution in [0.2, 0.25) is 0 Å². The smallest absolute Gasteiger partial charge is 0.0281 e. The number of unbranched alkanes of at least 4 members (excludes halogenated alkanes) is 5. The number of hydrogen-bond donors (Lipinski definition) is 1. The molecule has 0 aromatic carbocycles. The zero-order valence-corrected chi connectivity index (χ0v) is 13.4. The van der Waals surface area contributed by atoms with Crippen LogP contribution in [0.4, 0.5) is 0 Å². The summed E-state index contributed by atoms with van der Waals surface area (Å²) in [7, 11) is 0. The van der Waals surface area contributed by atoms with Gasteiger partial charge in [0.05, 0.1) is 0 Å². The molecule has 0 radical (unpaired) electrons. The SMILES string of the molecule is CCCCCCCCNCC1(SC)CCCCC1. The van der Waals surface area contributed by atoms with Crippen LogP contribution in [0, 0.1) is 0 Å². The van der Waals surface area contributed by atoms with E-state index >= 15 is 0 Å². The van der Waals surface area contributed by atoms with Crippen LogP contribution >= 0.6 is 11.8 Å². The number of hydrogen-bond acceptors (Lipinski definition) is 2. The average molecular weight is 272 g/mol. The molecule has 0 bridgehead atoms. The zero-order chi connectivity index (χ0) is 13.1. The van der Waals surface area contributed by atoms with E-state index in [1.54, 1.807) is 0 Å². The monoisotopic (exact) mass is 271 g/mol. The fourth-order valence-corrected chi connectivity index (χ4v) is 3.94. The predicted molar refractivity (Wildman–Crippen MR) is 85.6 cm³/mol. The van der Waals surface area contributed by atoms with Crippen molar-refractivity contribution < 1.29 is 0 Å². The minimum atomic E-state index is 0.570. The minimum absolute atomic E-state index is 0.570. The lowest BCUT2D eigenvalue weighted by Crippen LogP contribution is -2.39. The molecule has 0 amide bonds. The first kappa shape index (κ1) is 16.4. The fourth-order valence-electron chi connectivity index (χ4n) is 3.00. The van der Waals surface area contributed by atoms with Crippen LogP contribution in [-0.2, 0) is 0 Å². The largest absolute Gasteiger partial charge is 0.315 e. The highest BCUT2D eigenvalue weighted by atomic mass is 32.2. The van der Waals surface area contributed by atoms with Gasteiger partial charge in [0.25, 0.3) is 0 Å². The Labute approximate surface area is 119 Å². The molecule has 108 valence electrons. The van der Waals surface area contributed by atoms with Gasteiger partial charge in [-0.3, -0.25) is 0 Å². The van der Waals surface area contributed by atoms with Gasteiger partial charge in [0.15, 0.2) is 0 Å². The summed E-state index contributed by atoms with van der Waals surface area (Å²) in [6.45, 7) is 4.76. The molecule has 1 rings (SSSR count). The summed E-state index contributed by atoms with van der Waals surface area (Å²) in [5, 5.41) is 3.72. The third-order valence-corrected chi connectivity index (χ3v) is 5.77. The van der Waals surface area contributed by atoms with Crippen molar-refractivity contribution in [3.05, 3.63) is 0 Å². The number of rotatable bonds is 10. The summed E-state index contributed by atoms with van der Waals surface area (Å²) in [6.07, 6.45) is 17.9. The van der Waals surface area contributed by atoms with Gasteiger partial charge in [-0.05, 0) is 32.1 Å². The number of thioether (sulfide) groups is 1. The van der Waals surface area contributed by atoms with Crippen LogP contribution in [0.15, 0.2) is 0 Å². The molecular formula is C16H33NS. The third kappa shape index (κ3) is 6.47. The van der Waals surface area contributed by atoms with Crippen molar-refractivity contribution >= 4 is 11.8 Å². The molecule has 0 unspecified atom stereocenters. The lowest BCUT2D eigenvalue weighted by molar-refractivity contribution is 0.378. The Morgan fingerprint density at radius 1 is 0.944 bits per heavy atom. The molecule has 0 heterocycles. The van der Waals surface area contributed by atoms with Crippen LogP contribution in [0.3, 0.4) is 0 Å². The highest BCUT2D eigenvalue weighted by molar-refractivity contribution is 8.00. The average Bonchev–Trinajstić information content (AvgIpc) is 2.43. The first-order valence-corrected chi connectivity index (χ1v) is 9.31. The molecule has 2 heteroatoms. The van der Waals surface area contributed by atoms with Crippen molar-refractivity contribution in [2.45, 2.75) is 82.3 Å². The summed E-state index contributed by atoms with van der Waals surface area (Å²) in [5.74, 6) is 0. The number of nitrogens with one attached hydrogen (secondary N) is 1. The second-order valence-electron chi connectivity index (χ2n) is 5.89. The van der Waals surface area contributed by atoms with Crippen molar-refractivity contribution in [1.82, 2.24) is 5.32 Å². The zero-order valence-electron chi connectivity index (χ0n) is 12.6. The van der Waals surface area contributed by atoms with E-state index in [0.29, 0.717) is 4.75 Å². The minimum Gasteiger partial charge on any atom is -0.315 e. The molecule has 18 heavy (non-hydrogen) atoms. The van der Waals surface area contributed by atoms with Gasteiger partial charge < -0.3 is 5.32 Å². The van der Waals surface area contributed by atoms with E-state index in [1.165, 1.54) is 83.7 Å². The van der Waals surface area contributed by atoms with E-state index in [4.69, 9.17) is 0 Å². The molecule has 0 aromatic rings. The maximum atomic E-state index is 3.72. The van der Waals surface area contributed by atoms with Crippen LogP contribution in [0.1, 0.15) is 77.6 Å². The normalized spacial score (nSPS) is 19.0. The summed E-state index contributed by atoms with van der Waals surface area (Å²) in [5.41, 5.74) is 0. The Hall–Kier alpha value is 0.310. The molecule has 1 fully saturated rings. The van der Waals surface area contributed by atoms with E-state index < -0.39 is 0 Å². The Bertz CT molecular complexity index is 188. The van der Waals surface area contributed by atoms with Gasteiger partial charge in [-0.2, -0.15) is 11.8 Å². The highest BCUT2D eigenvalue weighted by Crippen LogP contribution is 2.37. The van der Waals surface area contributed by atoms with Crippen molar-refractivity contribution in [1.29, 1.82) is 0 Å². The predicted octanol–water partition coefficient (Wildman–Crippen LogP) is 5.00. The Kier molecular flexibility index (Phi) is 9.22. The van der Waals surface area contributed by atoms with E-state index in [9.17, 15) is 0 Å². The highest BCUT2D eigenvalue weighted by Gasteiger charge is 2.30. The molecule has 1 aliphatic rings. The Morgan fingerprint density at radius 3 is 2.28 bits per heavy atom. The second kappa shape index (κ2) is 10.1. The van der Waals surface area contributed by atoms with E-state index in [0.717, 1.165) is 0 Å². The van der Waals surface area contributed by atoms with Gasteiger partial charge in [0.1, 0.15) is 0 Å². The Morgan fingerprint density at radius 2 is 1.61 bits per heavy atom. The van der Waals surface area contributed by atoms with Crippen molar-refractivity contribution in [3.63, 3.8) is 0 Å². The Balaban J connectivity index is 1.98. The summed E-state index contributed by atoms with van der Waals surface area (Å²) in [6, 6.07) is 0. The van der Waals surface area contributed by atoms with Gasteiger partial charge in [-0.1, -0.05) is 58.3 Å². The van der Waals surface area contributed by atoms with Gasteiger partial charge in [-0.25, -0.2) is 0 Å². The van der Waals surface area contributed by atoms with Crippen molar-refractivity contribution in [2.75, 3.05) is 19.3 Å². The first-order valence-electron chi connectivity index (χ1n) is 8.09. The topological polar surface area (TPSA) is 12.0 Å². The lowest BCUT2D eigenvalue weighted by atomic mass is 9.88.